The van der Waals surface area contributed by atoms with Crippen LogP contribution in [-0.2, 0) is 6.54 Å². The lowest BCUT2D eigenvalue weighted by Crippen LogP contribution is -2.30. The number of H-pyrrole nitrogens is 1. The van der Waals surface area contributed by atoms with E-state index in [1.54, 1.807) is 31.1 Å². The maximum atomic E-state index is 13.2. The lowest BCUT2D eigenvalue weighted by atomic mass is 10.2. The van der Waals surface area contributed by atoms with Gasteiger partial charge in [-0.1, -0.05) is 18.2 Å². The molecule has 142 valence electrons. The highest BCUT2D eigenvalue weighted by Crippen LogP contribution is 2.30. The van der Waals surface area contributed by atoms with Crippen LogP contribution < -0.4 is 15.2 Å². The highest BCUT2D eigenvalue weighted by atomic mass is 32.1. The summed E-state index contributed by atoms with van der Waals surface area (Å²) < 4.78 is 6.70. The number of carbonyl (C=O) groups is 1. The van der Waals surface area contributed by atoms with Crippen molar-refractivity contribution in [2.75, 3.05) is 12.0 Å². The van der Waals surface area contributed by atoms with E-state index in [-0.39, 0.29) is 23.8 Å². The van der Waals surface area contributed by atoms with Crippen LogP contribution >= 0.6 is 11.3 Å². The van der Waals surface area contributed by atoms with Crippen molar-refractivity contribution in [3.8, 4) is 5.75 Å². The summed E-state index contributed by atoms with van der Waals surface area (Å²) in [6, 6.07) is 12.3. The number of carbonyl (C=O) groups excluding carboxylic acids is 1. The molecule has 3 heterocycles. The first-order valence-corrected chi connectivity index (χ1v) is 9.38. The molecular formula is C19H17N5O3S. The molecule has 0 fully saturated rings. The van der Waals surface area contributed by atoms with Crippen molar-refractivity contribution < 1.29 is 9.53 Å². The Morgan fingerprint density at radius 3 is 2.82 bits per heavy atom. The number of hydrogen-bond donors (Lipinski definition) is 1. The normalized spacial score (nSPS) is 10.9. The maximum absolute atomic E-state index is 13.2. The minimum atomic E-state index is -0.255. The predicted octanol–water partition coefficient (Wildman–Crippen LogP) is 2.64. The van der Waals surface area contributed by atoms with Crippen molar-refractivity contribution >= 4 is 28.7 Å². The molecule has 9 heteroatoms. The van der Waals surface area contributed by atoms with Crippen LogP contribution in [0.1, 0.15) is 21.2 Å². The van der Waals surface area contributed by atoms with Gasteiger partial charge in [0.2, 0.25) is 0 Å². The van der Waals surface area contributed by atoms with Gasteiger partial charge in [-0.25, -0.2) is 4.98 Å². The highest BCUT2D eigenvalue weighted by molar-refractivity contribution is 7.12. The van der Waals surface area contributed by atoms with E-state index in [0.29, 0.717) is 27.8 Å². The molecule has 0 bridgehead atoms. The van der Waals surface area contributed by atoms with Crippen LogP contribution in [0.15, 0.2) is 52.6 Å². The van der Waals surface area contributed by atoms with Gasteiger partial charge in [0.15, 0.2) is 0 Å². The smallest absolute Gasteiger partial charge is 0.274 e. The third-order valence-corrected chi connectivity index (χ3v) is 5.02. The van der Waals surface area contributed by atoms with E-state index in [2.05, 4.69) is 15.1 Å². The Morgan fingerprint density at radius 1 is 1.25 bits per heavy atom. The molecule has 0 saturated carbocycles. The number of nitrogens with one attached hydrogen (secondary N) is 1. The molecule has 0 saturated heterocycles. The summed E-state index contributed by atoms with van der Waals surface area (Å²) in [5.41, 5.74) is 0.939. The second-order valence-corrected chi connectivity index (χ2v) is 7.03. The van der Waals surface area contributed by atoms with Crippen LogP contribution in [-0.4, -0.2) is 32.6 Å². The molecule has 8 nitrogen and oxygen atoms in total. The number of amides is 1. The molecule has 4 aromatic rings. The molecule has 0 unspecified atom stereocenters. The third kappa shape index (κ3) is 3.27. The third-order valence-electron chi connectivity index (χ3n) is 4.17. The summed E-state index contributed by atoms with van der Waals surface area (Å²) in [5.74, 6) is 1.08. The molecule has 1 amide bonds. The van der Waals surface area contributed by atoms with Crippen molar-refractivity contribution in [3.63, 3.8) is 0 Å². The zero-order valence-corrected chi connectivity index (χ0v) is 16.1. The zero-order valence-electron chi connectivity index (χ0n) is 15.2. The maximum Gasteiger partial charge on any atom is 0.274 e. The van der Waals surface area contributed by atoms with Gasteiger partial charge in [-0.05, 0) is 30.5 Å². The summed E-state index contributed by atoms with van der Waals surface area (Å²) in [6.45, 7) is 1.86. The van der Waals surface area contributed by atoms with E-state index in [1.807, 2.05) is 29.6 Å². The molecule has 0 aliphatic heterocycles. The number of rotatable bonds is 5. The molecule has 1 aromatic carbocycles. The quantitative estimate of drug-likeness (QED) is 0.561. The van der Waals surface area contributed by atoms with Crippen LogP contribution in [0.4, 0.5) is 5.69 Å². The van der Waals surface area contributed by atoms with Gasteiger partial charge in [-0.2, -0.15) is 9.50 Å². The number of nitrogens with zero attached hydrogens (tertiary/aromatic N) is 4. The Labute approximate surface area is 164 Å². The largest absolute Gasteiger partial charge is 0.495 e. The summed E-state index contributed by atoms with van der Waals surface area (Å²) in [4.78, 5) is 36.1. The first-order valence-electron chi connectivity index (χ1n) is 8.50. The van der Waals surface area contributed by atoms with Crippen LogP contribution in [0.25, 0.3) is 5.78 Å². The minimum absolute atomic E-state index is 0.124. The monoisotopic (exact) mass is 395 g/mol. The van der Waals surface area contributed by atoms with Gasteiger partial charge in [0, 0.05) is 11.8 Å². The van der Waals surface area contributed by atoms with Crippen LogP contribution in [0, 0.1) is 6.92 Å². The molecule has 0 radical (unpaired) electrons. The lowest BCUT2D eigenvalue weighted by molar-refractivity contribution is 0.0987. The number of anilines is 1. The zero-order chi connectivity index (χ0) is 19.7. The number of thiophene rings is 1. The number of ether oxygens (including phenoxy) is 1. The number of methoxy groups -OCH3 is 1. The fraction of sp³-hybridized carbons (Fsp3) is 0.158. The van der Waals surface area contributed by atoms with E-state index in [9.17, 15) is 9.59 Å². The molecular weight excluding hydrogens is 378 g/mol. The summed E-state index contributed by atoms with van der Waals surface area (Å²) in [5, 5.41) is 4.78. The lowest BCUT2D eigenvalue weighted by Gasteiger charge is -2.23. The SMILES string of the molecule is COc1ccccc1N(Cc1nc2nc(C)cc(=O)n2[nH]1)C(=O)c1cccs1. The highest BCUT2D eigenvalue weighted by Gasteiger charge is 2.23. The molecule has 3 aromatic heterocycles. The van der Waals surface area contributed by atoms with Gasteiger partial charge < -0.3 is 4.74 Å². The van der Waals surface area contributed by atoms with E-state index < -0.39 is 0 Å². The van der Waals surface area contributed by atoms with Gasteiger partial charge in [-0.15, -0.1) is 11.3 Å². The number of para-hydroxylation sites is 2. The molecule has 0 atom stereocenters. The fourth-order valence-corrected chi connectivity index (χ4v) is 3.58. The molecule has 4 rings (SSSR count). The fourth-order valence-electron chi connectivity index (χ4n) is 2.91. The number of aromatic amines is 1. The summed E-state index contributed by atoms with van der Waals surface area (Å²) in [7, 11) is 1.56. The number of benzene rings is 1. The second kappa shape index (κ2) is 7.28. The van der Waals surface area contributed by atoms with E-state index in [1.165, 1.54) is 21.9 Å². The molecule has 0 aliphatic rings. The summed E-state index contributed by atoms with van der Waals surface area (Å²) in [6.07, 6.45) is 0. The Hall–Kier alpha value is -3.46. The van der Waals surface area contributed by atoms with E-state index >= 15 is 0 Å². The molecule has 0 aliphatic carbocycles. The molecule has 1 N–H and O–H groups in total. The topological polar surface area (TPSA) is 92.6 Å². The Bertz CT molecular complexity index is 1200. The van der Waals surface area contributed by atoms with Crippen LogP contribution in [0.3, 0.4) is 0 Å². The predicted molar refractivity (Wildman–Crippen MR) is 106 cm³/mol. The Kier molecular flexibility index (Phi) is 4.66. The van der Waals surface area contributed by atoms with Gasteiger partial charge in [0.05, 0.1) is 24.2 Å². The van der Waals surface area contributed by atoms with E-state index in [4.69, 9.17) is 4.74 Å². The first-order chi connectivity index (χ1) is 13.6. The van der Waals surface area contributed by atoms with Crippen molar-refractivity contribution in [2.45, 2.75) is 13.5 Å². The molecule has 0 spiro atoms. The van der Waals surface area contributed by atoms with Gasteiger partial charge in [-0.3, -0.25) is 19.6 Å². The van der Waals surface area contributed by atoms with Gasteiger partial charge >= 0.3 is 0 Å². The van der Waals surface area contributed by atoms with Crippen LogP contribution in [0.5, 0.6) is 5.75 Å². The second-order valence-electron chi connectivity index (χ2n) is 6.08. The summed E-state index contributed by atoms with van der Waals surface area (Å²) >= 11 is 1.36. The van der Waals surface area contributed by atoms with Crippen molar-refractivity contribution in [3.05, 3.63) is 74.6 Å². The number of aryl methyl sites for hydroxylation is 1. The van der Waals surface area contributed by atoms with Crippen LogP contribution in [0.2, 0.25) is 0 Å². The minimum Gasteiger partial charge on any atom is -0.495 e. The van der Waals surface area contributed by atoms with Gasteiger partial charge in [0.1, 0.15) is 11.6 Å². The number of hydrogen-bond acceptors (Lipinski definition) is 6. The van der Waals surface area contributed by atoms with Gasteiger partial charge in [0.25, 0.3) is 17.2 Å². The molecule has 28 heavy (non-hydrogen) atoms. The first kappa shape index (κ1) is 17.9. The van der Waals surface area contributed by atoms with E-state index in [0.717, 1.165) is 0 Å². The Balaban J connectivity index is 1.79. The van der Waals surface area contributed by atoms with Crippen molar-refractivity contribution in [1.29, 1.82) is 0 Å². The standard InChI is InChI=1S/C19H17N5O3S/c1-12-10-17(25)24-19(20-12)21-16(22-24)11-23(18(26)15-8-5-9-28-15)13-6-3-4-7-14(13)27-2/h3-10H,11H2,1-2H3,(H,20,21,22). The van der Waals surface area contributed by atoms with Crippen molar-refractivity contribution in [2.24, 2.45) is 0 Å². The van der Waals surface area contributed by atoms with Crippen molar-refractivity contribution in [1.82, 2.24) is 19.6 Å². The average molecular weight is 395 g/mol. The number of aromatic nitrogens is 4. The Morgan fingerprint density at radius 2 is 2.07 bits per heavy atom. The average Bonchev–Trinajstić information content (AvgIpc) is 3.35. The number of fused-ring (bicyclic) bond motifs is 1.